The van der Waals surface area contributed by atoms with Crippen molar-refractivity contribution in [2.75, 3.05) is 0 Å². The van der Waals surface area contributed by atoms with Crippen LogP contribution in [0.4, 0.5) is 0 Å². The number of rotatable bonds is 3. The molecule has 0 aliphatic heterocycles. The van der Waals surface area contributed by atoms with Crippen molar-refractivity contribution in [2.45, 2.75) is 0 Å². The van der Waals surface area contributed by atoms with E-state index in [0.717, 1.165) is 32.8 Å². The minimum atomic E-state index is -0.0426. The van der Waals surface area contributed by atoms with Crippen LogP contribution in [0, 0.1) is 0 Å². The first-order valence-electron chi connectivity index (χ1n) is 9.38. The summed E-state index contributed by atoms with van der Waals surface area (Å²) >= 11 is 6.16. The smallest absolute Gasteiger partial charge is 0.195 e. The average Bonchev–Trinajstić information content (AvgIpc) is 2.78. The molecule has 138 valence electrons. The third-order valence-corrected chi connectivity index (χ3v) is 5.39. The predicted octanol–water partition coefficient (Wildman–Crippen LogP) is 6.94. The van der Waals surface area contributed by atoms with Gasteiger partial charge in [0.25, 0.3) is 0 Å². The van der Waals surface area contributed by atoms with E-state index in [0.29, 0.717) is 16.1 Å². The lowest BCUT2D eigenvalue weighted by Crippen LogP contribution is -2.05. The SMILES string of the molecule is O=C(c1ccc2ccccc2c1)c1cnc2cc(Cl)ccc2c1-c1ccccc1. The Bertz CT molecular complexity index is 1380. The van der Waals surface area contributed by atoms with Crippen molar-refractivity contribution in [3.63, 3.8) is 0 Å². The summed E-state index contributed by atoms with van der Waals surface area (Å²) in [6.45, 7) is 0. The van der Waals surface area contributed by atoms with Crippen LogP contribution in [0.3, 0.4) is 0 Å². The van der Waals surface area contributed by atoms with Gasteiger partial charge in [0.15, 0.2) is 5.78 Å². The second-order valence-corrected chi connectivity index (χ2v) is 7.40. The molecule has 0 N–H and O–H groups in total. The number of fused-ring (bicyclic) bond motifs is 2. The molecule has 0 fully saturated rings. The van der Waals surface area contributed by atoms with E-state index in [4.69, 9.17) is 11.6 Å². The van der Waals surface area contributed by atoms with E-state index in [-0.39, 0.29) is 5.78 Å². The Morgan fingerprint density at radius 1 is 0.759 bits per heavy atom. The van der Waals surface area contributed by atoms with Crippen LogP contribution in [-0.2, 0) is 0 Å². The largest absolute Gasteiger partial charge is 0.289 e. The van der Waals surface area contributed by atoms with Crippen LogP contribution in [0.15, 0.2) is 97.2 Å². The molecule has 0 amide bonds. The third-order valence-electron chi connectivity index (χ3n) is 5.15. The number of carbonyl (C=O) groups is 1. The molecule has 0 saturated carbocycles. The highest BCUT2D eigenvalue weighted by molar-refractivity contribution is 6.31. The van der Waals surface area contributed by atoms with Gasteiger partial charge < -0.3 is 0 Å². The lowest BCUT2D eigenvalue weighted by atomic mass is 9.91. The van der Waals surface area contributed by atoms with Crippen LogP contribution in [0.5, 0.6) is 0 Å². The van der Waals surface area contributed by atoms with Crippen molar-refractivity contribution in [3.8, 4) is 11.1 Å². The van der Waals surface area contributed by atoms with E-state index in [1.165, 1.54) is 0 Å². The molecule has 4 aromatic carbocycles. The molecule has 5 aromatic rings. The van der Waals surface area contributed by atoms with Crippen LogP contribution < -0.4 is 0 Å². The predicted molar refractivity (Wildman–Crippen MR) is 120 cm³/mol. The lowest BCUT2D eigenvalue weighted by molar-refractivity contribution is 0.103. The van der Waals surface area contributed by atoms with Gasteiger partial charge in [-0.05, 0) is 34.5 Å². The van der Waals surface area contributed by atoms with E-state index < -0.39 is 0 Å². The maximum atomic E-state index is 13.5. The number of hydrogen-bond acceptors (Lipinski definition) is 2. The van der Waals surface area contributed by atoms with Gasteiger partial charge in [-0.2, -0.15) is 0 Å². The molecular formula is C26H16ClNO. The number of aromatic nitrogens is 1. The summed E-state index contributed by atoms with van der Waals surface area (Å²) < 4.78 is 0. The Morgan fingerprint density at radius 3 is 2.34 bits per heavy atom. The highest BCUT2D eigenvalue weighted by Crippen LogP contribution is 2.33. The van der Waals surface area contributed by atoms with Crippen LogP contribution in [0.1, 0.15) is 15.9 Å². The molecule has 2 nitrogen and oxygen atoms in total. The standard InChI is InChI=1S/C26H16ClNO/c27-21-12-13-22-24(15-21)28-16-23(25(22)18-7-2-1-3-8-18)26(29)20-11-10-17-6-4-5-9-19(17)14-20/h1-16H. The number of benzene rings is 4. The highest BCUT2D eigenvalue weighted by Gasteiger charge is 2.19. The van der Waals surface area contributed by atoms with Gasteiger partial charge >= 0.3 is 0 Å². The molecule has 0 spiro atoms. The monoisotopic (exact) mass is 393 g/mol. The molecular weight excluding hydrogens is 378 g/mol. The van der Waals surface area contributed by atoms with Crippen LogP contribution in [0.25, 0.3) is 32.8 Å². The zero-order chi connectivity index (χ0) is 19.8. The van der Waals surface area contributed by atoms with E-state index in [9.17, 15) is 4.79 Å². The molecule has 0 unspecified atom stereocenters. The molecule has 0 aliphatic rings. The minimum Gasteiger partial charge on any atom is -0.289 e. The second kappa shape index (κ2) is 7.16. The Hall–Kier alpha value is -3.49. The highest BCUT2D eigenvalue weighted by atomic mass is 35.5. The zero-order valence-electron chi connectivity index (χ0n) is 15.5. The molecule has 0 bridgehead atoms. The van der Waals surface area contributed by atoms with Crippen LogP contribution in [0.2, 0.25) is 5.02 Å². The average molecular weight is 394 g/mol. The lowest BCUT2D eigenvalue weighted by Gasteiger charge is -2.13. The normalized spacial score (nSPS) is 11.1. The third kappa shape index (κ3) is 3.18. The molecule has 3 heteroatoms. The van der Waals surface area contributed by atoms with Crippen LogP contribution >= 0.6 is 11.6 Å². The van der Waals surface area contributed by atoms with Gasteiger partial charge in [-0.15, -0.1) is 0 Å². The Balaban J connectivity index is 1.75. The van der Waals surface area contributed by atoms with Crippen molar-refractivity contribution in [1.29, 1.82) is 0 Å². The van der Waals surface area contributed by atoms with Gasteiger partial charge in [-0.1, -0.05) is 84.4 Å². The number of nitrogens with zero attached hydrogens (tertiary/aromatic N) is 1. The van der Waals surface area contributed by atoms with E-state index in [1.54, 1.807) is 6.20 Å². The first kappa shape index (κ1) is 17.6. The molecule has 0 atom stereocenters. The van der Waals surface area contributed by atoms with Crippen molar-refractivity contribution in [1.82, 2.24) is 4.98 Å². The van der Waals surface area contributed by atoms with Crippen molar-refractivity contribution in [2.24, 2.45) is 0 Å². The molecule has 1 aromatic heterocycles. The molecule has 0 saturated heterocycles. The van der Waals surface area contributed by atoms with Gasteiger partial charge in [-0.25, -0.2) is 0 Å². The number of halogens is 1. The summed E-state index contributed by atoms with van der Waals surface area (Å²) in [5, 5.41) is 3.68. The second-order valence-electron chi connectivity index (χ2n) is 6.97. The van der Waals surface area contributed by atoms with Crippen molar-refractivity contribution in [3.05, 3.63) is 113 Å². The summed E-state index contributed by atoms with van der Waals surface area (Å²) in [5.41, 5.74) is 3.86. The summed E-state index contributed by atoms with van der Waals surface area (Å²) in [7, 11) is 0. The van der Waals surface area contributed by atoms with Gasteiger partial charge in [0.2, 0.25) is 0 Å². The Morgan fingerprint density at radius 2 is 1.52 bits per heavy atom. The van der Waals surface area contributed by atoms with Crippen LogP contribution in [-0.4, -0.2) is 10.8 Å². The van der Waals surface area contributed by atoms with Crippen molar-refractivity contribution < 1.29 is 4.79 Å². The first-order valence-corrected chi connectivity index (χ1v) is 9.76. The van der Waals surface area contributed by atoms with Gasteiger partial charge in [0, 0.05) is 33.3 Å². The van der Waals surface area contributed by atoms with E-state index in [2.05, 4.69) is 4.98 Å². The fourth-order valence-corrected chi connectivity index (χ4v) is 3.91. The van der Waals surface area contributed by atoms with Crippen molar-refractivity contribution >= 4 is 39.1 Å². The fraction of sp³-hybridized carbons (Fsp3) is 0. The fourth-order valence-electron chi connectivity index (χ4n) is 3.74. The molecule has 29 heavy (non-hydrogen) atoms. The number of carbonyl (C=O) groups excluding carboxylic acids is 1. The number of pyridine rings is 1. The van der Waals surface area contributed by atoms with E-state index in [1.807, 2.05) is 91.0 Å². The zero-order valence-corrected chi connectivity index (χ0v) is 16.2. The summed E-state index contributed by atoms with van der Waals surface area (Å²) in [4.78, 5) is 18.1. The molecule has 5 rings (SSSR count). The Kier molecular flexibility index (Phi) is 4.34. The Labute approximate surface area is 173 Å². The summed E-state index contributed by atoms with van der Waals surface area (Å²) in [6, 6.07) is 29.4. The molecule has 0 aliphatic carbocycles. The molecule has 0 radical (unpaired) electrons. The quantitative estimate of drug-likeness (QED) is 0.311. The first-order chi connectivity index (χ1) is 14.2. The number of hydrogen-bond donors (Lipinski definition) is 0. The van der Waals surface area contributed by atoms with Gasteiger partial charge in [-0.3, -0.25) is 9.78 Å². The summed E-state index contributed by atoms with van der Waals surface area (Å²) in [6.07, 6.45) is 1.67. The van der Waals surface area contributed by atoms with Gasteiger partial charge in [0.1, 0.15) is 0 Å². The molecule has 1 heterocycles. The maximum absolute atomic E-state index is 13.5. The minimum absolute atomic E-state index is 0.0426. The van der Waals surface area contributed by atoms with E-state index >= 15 is 0 Å². The number of ketones is 1. The topological polar surface area (TPSA) is 30.0 Å². The van der Waals surface area contributed by atoms with Gasteiger partial charge in [0.05, 0.1) is 5.52 Å². The maximum Gasteiger partial charge on any atom is 0.195 e. The summed E-state index contributed by atoms with van der Waals surface area (Å²) in [5.74, 6) is -0.0426.